The van der Waals surface area contributed by atoms with E-state index in [0.717, 1.165) is 25.7 Å². The Labute approximate surface area is 159 Å². The summed E-state index contributed by atoms with van der Waals surface area (Å²) in [5.74, 6) is -0.356. The average molecular weight is 388 g/mol. The molecule has 0 aromatic rings. The maximum Gasteiger partial charge on any atom is 0.328 e. The number of hydrogen-bond acceptors (Lipinski definition) is 4. The molecule has 1 unspecified atom stereocenters. The first-order valence-corrected chi connectivity index (χ1v) is 12.1. The predicted molar refractivity (Wildman–Crippen MR) is 105 cm³/mol. The highest BCUT2D eigenvalue weighted by Gasteiger charge is 2.34. The van der Waals surface area contributed by atoms with Crippen molar-refractivity contribution in [2.24, 2.45) is 5.92 Å². The van der Waals surface area contributed by atoms with Gasteiger partial charge in [0.05, 0.1) is 19.4 Å². The van der Waals surface area contributed by atoms with Gasteiger partial charge in [-0.3, -0.25) is 9.36 Å². The lowest BCUT2D eigenvalue weighted by molar-refractivity contribution is -0.145. The number of allylic oxidation sites excluding steroid dienone is 2. The van der Waals surface area contributed by atoms with Crippen molar-refractivity contribution in [3.63, 3.8) is 0 Å². The topological polar surface area (TPSA) is 72.8 Å². The molecule has 1 heterocycles. The smallest absolute Gasteiger partial charge is 0.328 e. The SMILES string of the molecule is CCCCCC/C=C\CCCCCCCC(=O)OC[C@@H]1COP(=O)(O)C1. The van der Waals surface area contributed by atoms with Crippen LogP contribution in [-0.4, -0.2) is 30.2 Å². The number of esters is 1. The van der Waals surface area contributed by atoms with E-state index < -0.39 is 7.60 Å². The van der Waals surface area contributed by atoms with E-state index in [2.05, 4.69) is 19.1 Å². The molecule has 1 aliphatic heterocycles. The minimum absolute atomic E-state index is 0.0907. The quantitative estimate of drug-likeness (QED) is 0.171. The van der Waals surface area contributed by atoms with Gasteiger partial charge in [0, 0.05) is 12.3 Å². The normalized spacial score (nSPS) is 22.9. The van der Waals surface area contributed by atoms with Gasteiger partial charge in [0.2, 0.25) is 0 Å². The average Bonchev–Trinajstić information content (AvgIpc) is 2.96. The standard InChI is InChI=1S/C20H37O5P/c1-2-3-4-5-6-7-8-9-10-11-12-13-14-15-20(21)24-16-19-17-25-26(22,23)18-19/h7-8,19H,2-6,9-18H2,1H3,(H,22,23)/b8-7-/t19-/m1/s1. The zero-order chi connectivity index (χ0) is 19.1. The van der Waals surface area contributed by atoms with Gasteiger partial charge in [0.1, 0.15) is 0 Å². The van der Waals surface area contributed by atoms with Crippen molar-refractivity contribution in [1.82, 2.24) is 0 Å². The molecule has 0 spiro atoms. The van der Waals surface area contributed by atoms with Crippen LogP contribution in [0, 0.1) is 5.92 Å². The van der Waals surface area contributed by atoms with Gasteiger partial charge < -0.3 is 14.2 Å². The monoisotopic (exact) mass is 388 g/mol. The number of unbranched alkanes of at least 4 members (excludes halogenated alkanes) is 9. The van der Waals surface area contributed by atoms with Crippen molar-refractivity contribution >= 4 is 13.6 Å². The van der Waals surface area contributed by atoms with Crippen LogP contribution in [-0.2, 0) is 18.6 Å². The Balaban J connectivity index is 1.84. The third-order valence-electron chi connectivity index (χ3n) is 4.62. The second-order valence-electron chi connectivity index (χ2n) is 7.29. The van der Waals surface area contributed by atoms with E-state index in [4.69, 9.17) is 9.26 Å². The first kappa shape index (κ1) is 23.4. The van der Waals surface area contributed by atoms with Crippen LogP contribution in [0.25, 0.3) is 0 Å². The zero-order valence-corrected chi connectivity index (χ0v) is 17.3. The molecule has 0 aromatic carbocycles. The van der Waals surface area contributed by atoms with Gasteiger partial charge in [-0.1, -0.05) is 57.6 Å². The summed E-state index contributed by atoms with van der Waals surface area (Å²) in [5.41, 5.74) is 0. The summed E-state index contributed by atoms with van der Waals surface area (Å²) in [6, 6.07) is 0. The molecule has 1 saturated heterocycles. The number of carbonyl (C=O) groups excluding carboxylic acids is 1. The molecule has 1 aliphatic rings. The number of carbonyl (C=O) groups is 1. The molecule has 1 N–H and O–H groups in total. The highest BCUT2D eigenvalue weighted by Crippen LogP contribution is 2.49. The third-order valence-corrected chi connectivity index (χ3v) is 6.15. The molecular formula is C20H37O5P. The van der Waals surface area contributed by atoms with Crippen molar-refractivity contribution < 1.29 is 23.5 Å². The summed E-state index contributed by atoms with van der Waals surface area (Å²) >= 11 is 0. The number of rotatable bonds is 15. The van der Waals surface area contributed by atoms with Crippen LogP contribution < -0.4 is 0 Å². The fourth-order valence-electron chi connectivity index (χ4n) is 3.02. The Hall–Kier alpha value is -0.640. The Morgan fingerprint density at radius 2 is 1.69 bits per heavy atom. The Morgan fingerprint density at radius 3 is 2.31 bits per heavy atom. The van der Waals surface area contributed by atoms with E-state index in [-0.39, 0.29) is 31.3 Å². The largest absolute Gasteiger partial charge is 0.465 e. The maximum atomic E-state index is 11.7. The van der Waals surface area contributed by atoms with Crippen molar-refractivity contribution in [2.75, 3.05) is 19.4 Å². The molecule has 26 heavy (non-hydrogen) atoms. The molecule has 0 saturated carbocycles. The van der Waals surface area contributed by atoms with Crippen LogP contribution >= 0.6 is 7.60 Å². The number of hydrogen-bond donors (Lipinski definition) is 1. The van der Waals surface area contributed by atoms with Crippen LogP contribution in [0.5, 0.6) is 0 Å². The van der Waals surface area contributed by atoms with E-state index in [0.29, 0.717) is 6.42 Å². The summed E-state index contributed by atoms with van der Waals surface area (Å²) in [4.78, 5) is 20.9. The van der Waals surface area contributed by atoms with E-state index in [1.54, 1.807) is 0 Å². The Bertz CT molecular complexity index is 449. The van der Waals surface area contributed by atoms with Gasteiger partial charge >= 0.3 is 13.6 Å². The number of ether oxygens (including phenoxy) is 1. The Kier molecular flexibility index (Phi) is 13.0. The second-order valence-corrected chi connectivity index (χ2v) is 9.19. The molecule has 0 aromatic heterocycles. The highest BCUT2D eigenvalue weighted by molar-refractivity contribution is 7.53. The van der Waals surface area contributed by atoms with E-state index in [9.17, 15) is 14.3 Å². The molecule has 0 bridgehead atoms. The molecule has 0 amide bonds. The van der Waals surface area contributed by atoms with Crippen molar-refractivity contribution in [2.45, 2.75) is 84.0 Å². The summed E-state index contributed by atoms with van der Waals surface area (Å²) in [5, 5.41) is 0. The van der Waals surface area contributed by atoms with E-state index >= 15 is 0 Å². The minimum atomic E-state index is -3.41. The van der Waals surface area contributed by atoms with Crippen LogP contribution in [0.3, 0.4) is 0 Å². The predicted octanol–water partition coefficient (Wildman–Crippen LogP) is 5.62. The molecule has 5 nitrogen and oxygen atoms in total. The lowest BCUT2D eigenvalue weighted by Gasteiger charge is -2.08. The second kappa shape index (κ2) is 14.4. The molecular weight excluding hydrogens is 351 g/mol. The first-order valence-electron chi connectivity index (χ1n) is 10.3. The van der Waals surface area contributed by atoms with E-state index in [1.807, 2.05) is 0 Å². The van der Waals surface area contributed by atoms with Crippen molar-refractivity contribution in [3.05, 3.63) is 12.2 Å². The van der Waals surface area contributed by atoms with Gasteiger partial charge in [-0.15, -0.1) is 0 Å². The van der Waals surface area contributed by atoms with Crippen molar-refractivity contribution in [1.29, 1.82) is 0 Å². The minimum Gasteiger partial charge on any atom is -0.465 e. The van der Waals surface area contributed by atoms with Crippen LogP contribution in [0.2, 0.25) is 0 Å². The fraction of sp³-hybridized carbons (Fsp3) is 0.850. The highest BCUT2D eigenvalue weighted by atomic mass is 31.2. The molecule has 0 radical (unpaired) electrons. The molecule has 1 rings (SSSR count). The van der Waals surface area contributed by atoms with Crippen LogP contribution in [0.15, 0.2) is 12.2 Å². The van der Waals surface area contributed by atoms with Crippen LogP contribution in [0.4, 0.5) is 0 Å². The molecule has 2 atom stereocenters. The molecule has 1 fully saturated rings. The molecule has 0 aliphatic carbocycles. The summed E-state index contributed by atoms with van der Waals surface area (Å²) in [6.45, 7) is 2.63. The van der Waals surface area contributed by atoms with E-state index in [1.165, 1.54) is 44.9 Å². The fourth-order valence-corrected chi connectivity index (χ4v) is 4.44. The van der Waals surface area contributed by atoms with Crippen molar-refractivity contribution in [3.8, 4) is 0 Å². The van der Waals surface area contributed by atoms with Gasteiger partial charge in [0.25, 0.3) is 0 Å². The molecule has 6 heteroatoms. The third kappa shape index (κ3) is 12.7. The lowest BCUT2D eigenvalue weighted by atomic mass is 10.1. The lowest BCUT2D eigenvalue weighted by Crippen LogP contribution is -2.16. The summed E-state index contributed by atoms with van der Waals surface area (Å²) in [6.07, 6.45) is 18.3. The summed E-state index contributed by atoms with van der Waals surface area (Å²) < 4.78 is 21.2. The Morgan fingerprint density at radius 1 is 1.08 bits per heavy atom. The zero-order valence-electron chi connectivity index (χ0n) is 16.4. The van der Waals surface area contributed by atoms with Gasteiger partial charge in [-0.05, 0) is 32.1 Å². The van der Waals surface area contributed by atoms with Gasteiger partial charge in [0.15, 0.2) is 0 Å². The van der Waals surface area contributed by atoms with Gasteiger partial charge in [-0.2, -0.15) is 0 Å². The summed E-state index contributed by atoms with van der Waals surface area (Å²) in [7, 11) is -3.41. The van der Waals surface area contributed by atoms with Gasteiger partial charge in [-0.25, -0.2) is 0 Å². The molecule has 152 valence electrons. The first-order chi connectivity index (χ1) is 12.5. The maximum absolute atomic E-state index is 11.7. The van der Waals surface area contributed by atoms with Crippen LogP contribution in [0.1, 0.15) is 84.0 Å².